The Bertz CT molecular complexity index is 136. The van der Waals surface area contributed by atoms with Crippen LogP contribution in [0.4, 0.5) is 0 Å². The number of rotatable bonds is 5. The predicted molar refractivity (Wildman–Crippen MR) is 46.2 cm³/mol. The standard InChI is InChI=1S/C9H16O2/c1-4-6-9(11-5-2)7-8(3)10/h4,6,8,10H,1,5,7H2,2-3H3/b9-6+/t8-/m1/s1. The van der Waals surface area contributed by atoms with Crippen molar-refractivity contribution < 1.29 is 9.84 Å². The Morgan fingerprint density at radius 1 is 1.73 bits per heavy atom. The molecule has 1 atom stereocenters. The Morgan fingerprint density at radius 2 is 2.36 bits per heavy atom. The first-order chi connectivity index (χ1) is 5.20. The minimum absolute atomic E-state index is 0.354. The number of aliphatic hydroxyl groups excluding tert-OH is 1. The molecule has 0 saturated carbocycles. The van der Waals surface area contributed by atoms with Gasteiger partial charge < -0.3 is 9.84 Å². The first-order valence-electron chi connectivity index (χ1n) is 3.83. The van der Waals surface area contributed by atoms with Crippen molar-refractivity contribution in [3.63, 3.8) is 0 Å². The van der Waals surface area contributed by atoms with E-state index in [0.29, 0.717) is 13.0 Å². The molecule has 64 valence electrons. The van der Waals surface area contributed by atoms with Crippen molar-refractivity contribution in [2.24, 2.45) is 0 Å². The highest BCUT2D eigenvalue weighted by Crippen LogP contribution is 2.06. The van der Waals surface area contributed by atoms with Crippen LogP contribution in [0.5, 0.6) is 0 Å². The van der Waals surface area contributed by atoms with Gasteiger partial charge in [-0.3, -0.25) is 0 Å². The molecule has 0 amide bonds. The molecule has 0 radical (unpaired) electrons. The maximum absolute atomic E-state index is 9.02. The van der Waals surface area contributed by atoms with Crippen LogP contribution in [0.25, 0.3) is 0 Å². The third-order valence-electron chi connectivity index (χ3n) is 1.13. The zero-order chi connectivity index (χ0) is 8.69. The van der Waals surface area contributed by atoms with Crippen molar-refractivity contribution in [3.05, 3.63) is 24.5 Å². The fraction of sp³-hybridized carbons (Fsp3) is 0.556. The van der Waals surface area contributed by atoms with E-state index in [1.54, 1.807) is 19.1 Å². The fourth-order valence-electron chi connectivity index (χ4n) is 0.783. The molecule has 0 aliphatic heterocycles. The predicted octanol–water partition coefficient (Wildman–Crippen LogP) is 1.86. The summed E-state index contributed by atoms with van der Waals surface area (Å²) in [6, 6.07) is 0. The molecular formula is C9H16O2. The summed E-state index contributed by atoms with van der Waals surface area (Å²) in [5.41, 5.74) is 0. The van der Waals surface area contributed by atoms with Crippen molar-refractivity contribution in [2.75, 3.05) is 6.61 Å². The molecule has 0 unspecified atom stereocenters. The van der Waals surface area contributed by atoms with E-state index < -0.39 is 0 Å². The van der Waals surface area contributed by atoms with E-state index in [9.17, 15) is 0 Å². The number of allylic oxidation sites excluding steroid dienone is 2. The molecule has 0 heterocycles. The van der Waals surface area contributed by atoms with Gasteiger partial charge in [0.05, 0.1) is 18.5 Å². The highest BCUT2D eigenvalue weighted by molar-refractivity contribution is 5.04. The summed E-state index contributed by atoms with van der Waals surface area (Å²) in [4.78, 5) is 0. The largest absolute Gasteiger partial charge is 0.498 e. The van der Waals surface area contributed by atoms with Gasteiger partial charge in [-0.05, 0) is 19.9 Å². The van der Waals surface area contributed by atoms with Crippen LogP contribution in [0, 0.1) is 0 Å². The molecular weight excluding hydrogens is 140 g/mol. The molecule has 0 saturated heterocycles. The number of ether oxygens (including phenoxy) is 1. The summed E-state index contributed by atoms with van der Waals surface area (Å²) in [6.07, 6.45) is 3.64. The van der Waals surface area contributed by atoms with Crippen LogP contribution < -0.4 is 0 Å². The lowest BCUT2D eigenvalue weighted by molar-refractivity contribution is 0.148. The molecule has 0 rings (SSSR count). The molecule has 0 aromatic rings. The second-order valence-electron chi connectivity index (χ2n) is 2.35. The van der Waals surface area contributed by atoms with Gasteiger partial charge in [-0.15, -0.1) is 0 Å². The van der Waals surface area contributed by atoms with E-state index in [-0.39, 0.29) is 6.10 Å². The second-order valence-corrected chi connectivity index (χ2v) is 2.35. The molecule has 0 aromatic heterocycles. The molecule has 0 aromatic carbocycles. The van der Waals surface area contributed by atoms with Crippen molar-refractivity contribution in [1.29, 1.82) is 0 Å². The number of hydrogen-bond donors (Lipinski definition) is 1. The minimum Gasteiger partial charge on any atom is -0.498 e. The molecule has 0 spiro atoms. The van der Waals surface area contributed by atoms with Gasteiger partial charge in [0.25, 0.3) is 0 Å². The van der Waals surface area contributed by atoms with E-state index in [4.69, 9.17) is 9.84 Å². The lowest BCUT2D eigenvalue weighted by atomic mass is 10.2. The van der Waals surface area contributed by atoms with E-state index in [0.717, 1.165) is 5.76 Å². The second kappa shape index (κ2) is 5.98. The Labute approximate surface area is 68.2 Å². The first-order valence-corrected chi connectivity index (χ1v) is 3.83. The van der Waals surface area contributed by atoms with Gasteiger partial charge in [0, 0.05) is 6.42 Å². The maximum Gasteiger partial charge on any atom is 0.0985 e. The lowest BCUT2D eigenvalue weighted by Gasteiger charge is -2.09. The van der Waals surface area contributed by atoms with Crippen molar-refractivity contribution in [1.82, 2.24) is 0 Å². The average Bonchev–Trinajstić information content (AvgIpc) is 1.87. The van der Waals surface area contributed by atoms with Gasteiger partial charge in [0.2, 0.25) is 0 Å². The van der Waals surface area contributed by atoms with E-state index >= 15 is 0 Å². The molecule has 2 heteroatoms. The maximum atomic E-state index is 9.02. The van der Waals surface area contributed by atoms with Crippen LogP contribution in [-0.2, 0) is 4.74 Å². The normalized spacial score (nSPS) is 14.3. The van der Waals surface area contributed by atoms with Gasteiger partial charge in [0.1, 0.15) is 0 Å². The van der Waals surface area contributed by atoms with Gasteiger partial charge in [0.15, 0.2) is 0 Å². The fourth-order valence-corrected chi connectivity index (χ4v) is 0.783. The monoisotopic (exact) mass is 156 g/mol. The van der Waals surface area contributed by atoms with E-state index in [2.05, 4.69) is 6.58 Å². The molecule has 1 N–H and O–H groups in total. The summed E-state index contributed by atoms with van der Waals surface area (Å²) in [7, 11) is 0. The number of hydrogen-bond acceptors (Lipinski definition) is 2. The molecule has 0 bridgehead atoms. The van der Waals surface area contributed by atoms with Crippen LogP contribution >= 0.6 is 0 Å². The highest BCUT2D eigenvalue weighted by Gasteiger charge is 2.00. The lowest BCUT2D eigenvalue weighted by Crippen LogP contribution is -2.03. The van der Waals surface area contributed by atoms with Gasteiger partial charge in [-0.25, -0.2) is 0 Å². The molecule has 2 nitrogen and oxygen atoms in total. The Morgan fingerprint density at radius 3 is 2.73 bits per heavy atom. The zero-order valence-corrected chi connectivity index (χ0v) is 7.21. The van der Waals surface area contributed by atoms with Crippen molar-refractivity contribution in [2.45, 2.75) is 26.4 Å². The van der Waals surface area contributed by atoms with Crippen LogP contribution in [-0.4, -0.2) is 17.8 Å². The first kappa shape index (κ1) is 10.2. The van der Waals surface area contributed by atoms with Crippen LogP contribution in [0.15, 0.2) is 24.5 Å². The van der Waals surface area contributed by atoms with Gasteiger partial charge in [-0.2, -0.15) is 0 Å². The number of aliphatic hydroxyl groups is 1. The SMILES string of the molecule is C=C/C=C(\C[C@@H](C)O)OCC. The summed E-state index contributed by atoms with van der Waals surface area (Å²) in [6.45, 7) is 7.83. The highest BCUT2D eigenvalue weighted by atomic mass is 16.5. The van der Waals surface area contributed by atoms with Crippen LogP contribution in [0.1, 0.15) is 20.3 Å². The van der Waals surface area contributed by atoms with Crippen molar-refractivity contribution in [3.8, 4) is 0 Å². The quantitative estimate of drug-likeness (QED) is 0.486. The smallest absolute Gasteiger partial charge is 0.0985 e. The zero-order valence-electron chi connectivity index (χ0n) is 7.21. The van der Waals surface area contributed by atoms with Crippen LogP contribution in [0.2, 0.25) is 0 Å². The molecule has 11 heavy (non-hydrogen) atoms. The Kier molecular flexibility index (Phi) is 5.57. The summed E-state index contributed by atoms with van der Waals surface area (Å²) in [5, 5.41) is 9.02. The topological polar surface area (TPSA) is 29.5 Å². The summed E-state index contributed by atoms with van der Waals surface area (Å²) < 4.78 is 5.22. The summed E-state index contributed by atoms with van der Waals surface area (Å²) >= 11 is 0. The van der Waals surface area contributed by atoms with Crippen molar-refractivity contribution >= 4 is 0 Å². The van der Waals surface area contributed by atoms with E-state index in [1.165, 1.54) is 0 Å². The molecule has 0 aliphatic rings. The third kappa shape index (κ3) is 5.67. The van der Waals surface area contributed by atoms with E-state index in [1.807, 2.05) is 6.92 Å². The van der Waals surface area contributed by atoms with Gasteiger partial charge in [-0.1, -0.05) is 12.7 Å². The summed E-state index contributed by atoms with van der Waals surface area (Å²) in [5.74, 6) is 0.789. The minimum atomic E-state index is -0.354. The van der Waals surface area contributed by atoms with Crippen LogP contribution in [0.3, 0.4) is 0 Å². The van der Waals surface area contributed by atoms with Gasteiger partial charge >= 0.3 is 0 Å². The molecule has 0 aliphatic carbocycles. The third-order valence-corrected chi connectivity index (χ3v) is 1.13. The Balaban J connectivity index is 3.88. The molecule has 0 fully saturated rings. The average molecular weight is 156 g/mol. The Hall–Kier alpha value is -0.760.